The summed E-state index contributed by atoms with van der Waals surface area (Å²) in [5, 5.41) is 0. The van der Waals surface area contributed by atoms with Crippen LogP contribution >= 0.6 is 0 Å². The third-order valence-electron chi connectivity index (χ3n) is 2.70. The van der Waals surface area contributed by atoms with E-state index in [1.54, 1.807) is 0 Å². The van der Waals surface area contributed by atoms with E-state index in [-0.39, 0.29) is 0 Å². The number of aliphatic imine (C=N–C) groups is 1. The zero-order valence-corrected chi connectivity index (χ0v) is 16.3. The van der Waals surface area contributed by atoms with Crippen molar-refractivity contribution in [1.29, 1.82) is 0 Å². The molecule has 0 aliphatic carbocycles. The molecule has 0 atom stereocenters. The van der Waals surface area contributed by atoms with Crippen LogP contribution in [0.2, 0.25) is 0 Å². The summed E-state index contributed by atoms with van der Waals surface area (Å²) in [6, 6.07) is 5.73. The van der Waals surface area contributed by atoms with Gasteiger partial charge in [0, 0.05) is 12.2 Å². The lowest BCUT2D eigenvalue weighted by Gasteiger charge is -2.05. The Hall–Kier alpha value is -1.26. The van der Waals surface area contributed by atoms with E-state index in [4.69, 9.17) is 11.5 Å². The Balaban J connectivity index is -0.000000296. The highest BCUT2D eigenvalue weighted by Crippen LogP contribution is 2.03. The monoisotopic (exact) mass is 324 g/mol. The molecule has 1 aromatic rings. The van der Waals surface area contributed by atoms with Crippen LogP contribution in [0.25, 0.3) is 0 Å². The van der Waals surface area contributed by atoms with Crippen molar-refractivity contribution in [2.75, 3.05) is 6.54 Å². The van der Waals surface area contributed by atoms with Gasteiger partial charge in [0.25, 0.3) is 0 Å². The highest BCUT2D eigenvalue weighted by atomic mass is 14.9. The lowest BCUT2D eigenvalue weighted by atomic mass is 10.2. The van der Waals surface area contributed by atoms with Gasteiger partial charge in [-0.25, -0.2) is 0 Å². The van der Waals surface area contributed by atoms with Crippen LogP contribution in [0, 0.1) is 0 Å². The van der Waals surface area contributed by atoms with Crippen molar-refractivity contribution in [3.8, 4) is 0 Å². The van der Waals surface area contributed by atoms with Gasteiger partial charge in [0.15, 0.2) is 0 Å². The normalized spacial score (nSPS) is 8.74. The fourth-order valence-electron chi connectivity index (χ4n) is 1.53. The average Bonchev–Trinajstić information content (AvgIpc) is 2.63. The third-order valence-corrected chi connectivity index (χ3v) is 2.70. The Bertz CT molecular complexity index is 338. The molecule has 0 fully saturated rings. The number of hydrogen-bond acceptors (Lipinski definition) is 4. The summed E-state index contributed by atoms with van der Waals surface area (Å²) < 4.78 is 0. The van der Waals surface area contributed by atoms with Crippen molar-refractivity contribution in [1.82, 2.24) is 4.98 Å². The van der Waals surface area contributed by atoms with Crippen LogP contribution in [0.4, 0.5) is 0 Å². The van der Waals surface area contributed by atoms with Crippen molar-refractivity contribution in [3.05, 3.63) is 29.6 Å². The fraction of sp³-hybridized carbons (Fsp3) is 0.684. The van der Waals surface area contributed by atoms with Crippen LogP contribution in [0.1, 0.15) is 84.8 Å². The van der Waals surface area contributed by atoms with Crippen LogP contribution in [-0.4, -0.2) is 18.2 Å². The SMILES string of the molecule is C=NCCCCCC.CC.CC.CCc1cccc(C(N)N)n1. The number of pyridine rings is 1. The number of nitrogens with two attached hydrogens (primary N) is 2. The summed E-state index contributed by atoms with van der Waals surface area (Å²) >= 11 is 0. The van der Waals surface area contributed by atoms with Gasteiger partial charge in [0.1, 0.15) is 0 Å². The van der Waals surface area contributed by atoms with Gasteiger partial charge in [-0.05, 0) is 31.7 Å². The summed E-state index contributed by atoms with van der Waals surface area (Å²) in [4.78, 5) is 8.00. The number of aryl methyl sites for hydroxylation is 1. The number of aromatic nitrogens is 1. The van der Waals surface area contributed by atoms with Crippen LogP contribution in [0.5, 0.6) is 0 Å². The molecule has 1 heterocycles. The molecule has 1 rings (SSSR count). The minimum absolute atomic E-state index is 0.457. The number of rotatable bonds is 7. The first-order valence-corrected chi connectivity index (χ1v) is 9.05. The summed E-state index contributed by atoms with van der Waals surface area (Å²) in [5.41, 5.74) is 12.7. The van der Waals surface area contributed by atoms with Gasteiger partial charge in [-0.1, -0.05) is 66.9 Å². The van der Waals surface area contributed by atoms with Crippen LogP contribution in [0.3, 0.4) is 0 Å². The third kappa shape index (κ3) is 18.7. The van der Waals surface area contributed by atoms with E-state index in [2.05, 4.69) is 23.6 Å². The van der Waals surface area contributed by atoms with E-state index in [9.17, 15) is 0 Å². The Labute approximate surface area is 144 Å². The first-order chi connectivity index (χ1) is 11.2. The standard InChI is InChI=1S/C8H13N3.C7H15N.2C2H6/c1-2-6-4-3-5-7(11-6)8(9)10;1-3-4-5-6-7-8-2;2*1-2/h3-5,8H,2,9-10H2,1H3;2-7H2,1H3;2*1-2H3. The zero-order valence-electron chi connectivity index (χ0n) is 16.3. The minimum Gasteiger partial charge on any atom is -0.311 e. The lowest BCUT2D eigenvalue weighted by Crippen LogP contribution is -2.21. The second-order valence-corrected chi connectivity index (χ2v) is 4.44. The summed E-state index contributed by atoms with van der Waals surface area (Å²) in [5.74, 6) is 0. The van der Waals surface area contributed by atoms with Crippen molar-refractivity contribution in [3.63, 3.8) is 0 Å². The number of hydrogen-bond donors (Lipinski definition) is 2. The molecule has 0 radical (unpaired) electrons. The van der Waals surface area contributed by atoms with Crippen LogP contribution < -0.4 is 11.5 Å². The van der Waals surface area contributed by atoms with Gasteiger partial charge < -0.3 is 16.5 Å². The maximum atomic E-state index is 5.45. The van der Waals surface area contributed by atoms with Crippen molar-refractivity contribution in [2.45, 2.75) is 79.8 Å². The minimum atomic E-state index is -0.457. The van der Waals surface area contributed by atoms with Gasteiger partial charge in [-0.3, -0.25) is 4.98 Å². The predicted octanol–water partition coefficient (Wildman–Crippen LogP) is 4.88. The van der Waals surface area contributed by atoms with Crippen molar-refractivity contribution in [2.24, 2.45) is 16.5 Å². The topological polar surface area (TPSA) is 77.3 Å². The Morgan fingerprint density at radius 1 is 1.04 bits per heavy atom. The molecule has 0 saturated heterocycles. The first kappa shape index (κ1) is 26.6. The maximum Gasteiger partial charge on any atom is 0.0959 e. The predicted molar refractivity (Wildman–Crippen MR) is 106 cm³/mol. The average molecular weight is 325 g/mol. The molecule has 0 spiro atoms. The number of unbranched alkanes of at least 4 members (excludes halogenated alkanes) is 3. The summed E-state index contributed by atoms with van der Waals surface area (Å²) in [7, 11) is 0. The molecular formula is C19H40N4. The van der Waals surface area contributed by atoms with E-state index >= 15 is 0 Å². The van der Waals surface area contributed by atoms with E-state index in [1.165, 1.54) is 25.7 Å². The second kappa shape index (κ2) is 23.0. The molecule has 0 unspecified atom stereocenters. The molecule has 0 aliphatic heterocycles. The Morgan fingerprint density at radius 3 is 2.09 bits per heavy atom. The quantitative estimate of drug-likeness (QED) is 0.426. The smallest absolute Gasteiger partial charge is 0.0959 e. The van der Waals surface area contributed by atoms with Gasteiger partial charge in [0.2, 0.25) is 0 Å². The van der Waals surface area contributed by atoms with E-state index in [0.29, 0.717) is 0 Å². The van der Waals surface area contributed by atoms with Crippen LogP contribution in [-0.2, 0) is 6.42 Å². The van der Waals surface area contributed by atoms with Gasteiger partial charge >= 0.3 is 0 Å². The maximum absolute atomic E-state index is 5.45. The molecule has 0 amide bonds. The molecule has 4 heteroatoms. The molecule has 0 aromatic carbocycles. The van der Waals surface area contributed by atoms with Crippen LogP contribution in [0.15, 0.2) is 23.2 Å². The molecule has 23 heavy (non-hydrogen) atoms. The highest BCUT2D eigenvalue weighted by molar-refractivity contribution is 5.22. The molecule has 136 valence electrons. The summed E-state index contributed by atoms with van der Waals surface area (Å²) in [6.07, 6.45) is 5.64. The van der Waals surface area contributed by atoms with Gasteiger partial charge in [0.05, 0.1) is 11.9 Å². The molecule has 0 bridgehead atoms. The highest BCUT2D eigenvalue weighted by Gasteiger charge is 2.00. The first-order valence-electron chi connectivity index (χ1n) is 9.05. The summed E-state index contributed by atoms with van der Waals surface area (Å²) in [6.45, 7) is 16.6. The molecule has 4 N–H and O–H groups in total. The lowest BCUT2D eigenvalue weighted by molar-refractivity contribution is 0.676. The van der Waals surface area contributed by atoms with Crippen molar-refractivity contribution >= 4 is 6.72 Å². The number of nitrogens with zero attached hydrogens (tertiary/aromatic N) is 2. The van der Waals surface area contributed by atoms with Crippen molar-refractivity contribution < 1.29 is 0 Å². The molecule has 0 aliphatic rings. The Morgan fingerprint density at radius 2 is 1.65 bits per heavy atom. The van der Waals surface area contributed by atoms with E-state index < -0.39 is 6.17 Å². The van der Waals surface area contributed by atoms with E-state index in [1.807, 2.05) is 52.8 Å². The fourth-order valence-corrected chi connectivity index (χ4v) is 1.53. The Kier molecular flexibility index (Phi) is 26.6. The second-order valence-electron chi connectivity index (χ2n) is 4.44. The molecular weight excluding hydrogens is 284 g/mol. The zero-order chi connectivity index (χ0) is 18.5. The molecule has 1 aromatic heterocycles. The van der Waals surface area contributed by atoms with Gasteiger partial charge in [-0.2, -0.15) is 0 Å². The largest absolute Gasteiger partial charge is 0.311 e. The molecule has 0 saturated carbocycles. The van der Waals surface area contributed by atoms with E-state index in [0.717, 1.165) is 24.4 Å². The van der Waals surface area contributed by atoms with Gasteiger partial charge in [-0.15, -0.1) is 0 Å². The molecule has 4 nitrogen and oxygen atoms in total.